The molecule has 2 fully saturated rings. The van der Waals surface area contributed by atoms with E-state index in [4.69, 9.17) is 14.4 Å². The molecule has 2 saturated heterocycles. The van der Waals surface area contributed by atoms with Crippen LogP contribution in [0.1, 0.15) is 61.1 Å². The SMILES string of the molecule is CCNc1nnc(-c2cnc(N3CCN(C4CCN(CCC(=O)c5ccc(C)cc5)CC4)C(CC)C3)c(C)n2)o1. The molecule has 2 aliphatic heterocycles. The largest absolute Gasteiger partial charge is 0.402 e. The lowest BCUT2D eigenvalue weighted by Gasteiger charge is -2.47. The second kappa shape index (κ2) is 12.9. The molecule has 5 rings (SSSR count). The highest BCUT2D eigenvalue weighted by Crippen LogP contribution is 2.28. The van der Waals surface area contributed by atoms with Crippen molar-refractivity contribution in [3.63, 3.8) is 0 Å². The Balaban J connectivity index is 1.13. The highest BCUT2D eigenvalue weighted by Gasteiger charge is 2.34. The quantitative estimate of drug-likeness (QED) is 0.372. The topological polar surface area (TPSA) is 104 Å². The van der Waals surface area contributed by atoms with Crippen molar-refractivity contribution in [2.45, 2.75) is 65.5 Å². The third-order valence-electron chi connectivity index (χ3n) is 8.25. The molecule has 0 radical (unpaired) electrons. The predicted octanol–water partition coefficient (Wildman–Crippen LogP) is 4.21. The lowest BCUT2D eigenvalue weighted by molar-refractivity contribution is 0.0618. The molecule has 10 heteroatoms. The van der Waals surface area contributed by atoms with Gasteiger partial charge < -0.3 is 19.5 Å². The van der Waals surface area contributed by atoms with Crippen molar-refractivity contribution in [1.29, 1.82) is 0 Å². The lowest BCUT2D eigenvalue weighted by atomic mass is 9.97. The van der Waals surface area contributed by atoms with Gasteiger partial charge in [-0.2, -0.15) is 0 Å². The minimum atomic E-state index is 0.242. The number of aryl methyl sites for hydroxylation is 2. The van der Waals surface area contributed by atoms with Gasteiger partial charge in [-0.25, -0.2) is 9.97 Å². The Kier molecular flexibility index (Phi) is 9.06. The number of piperazine rings is 1. The number of benzene rings is 1. The van der Waals surface area contributed by atoms with Crippen LogP contribution in [0.2, 0.25) is 0 Å². The fourth-order valence-corrected chi connectivity index (χ4v) is 5.96. The van der Waals surface area contributed by atoms with Gasteiger partial charge in [-0.05, 0) is 53.1 Å². The van der Waals surface area contributed by atoms with Crippen LogP contribution in [-0.4, -0.2) is 93.6 Å². The van der Waals surface area contributed by atoms with Crippen LogP contribution in [0.4, 0.5) is 11.8 Å². The number of aromatic nitrogens is 4. The molecule has 10 nitrogen and oxygen atoms in total. The summed E-state index contributed by atoms with van der Waals surface area (Å²) in [7, 11) is 0. The molecule has 0 saturated carbocycles. The van der Waals surface area contributed by atoms with Gasteiger partial charge in [-0.15, -0.1) is 5.10 Å². The van der Waals surface area contributed by atoms with E-state index in [0.29, 0.717) is 42.6 Å². The van der Waals surface area contributed by atoms with Crippen molar-refractivity contribution < 1.29 is 9.21 Å². The van der Waals surface area contributed by atoms with Gasteiger partial charge in [0.05, 0.1) is 11.9 Å². The van der Waals surface area contributed by atoms with Crippen LogP contribution in [0, 0.1) is 13.8 Å². The fourth-order valence-electron chi connectivity index (χ4n) is 5.96. The van der Waals surface area contributed by atoms with Gasteiger partial charge in [0.1, 0.15) is 11.5 Å². The Hall–Kier alpha value is -3.37. The maximum atomic E-state index is 12.6. The molecule has 2 aromatic heterocycles. The standard InChI is InChI=1S/C30H42N8O2/c1-5-24-20-37(28-22(4)33-26(19-32-28)29-34-35-30(40-29)31-6-2)17-18-38(24)25-11-14-36(15-12-25)16-13-27(39)23-9-7-21(3)8-10-23/h7-10,19,24-25H,5-6,11-18,20H2,1-4H3,(H,31,35). The van der Waals surface area contributed by atoms with E-state index in [2.05, 4.69) is 37.1 Å². The van der Waals surface area contributed by atoms with Gasteiger partial charge in [0.15, 0.2) is 5.78 Å². The smallest absolute Gasteiger partial charge is 0.315 e. The number of anilines is 2. The minimum absolute atomic E-state index is 0.242. The van der Waals surface area contributed by atoms with Crippen LogP contribution < -0.4 is 10.2 Å². The molecule has 1 atom stereocenters. The number of carbonyl (C=O) groups excluding carboxylic acids is 1. The van der Waals surface area contributed by atoms with Crippen molar-refractivity contribution >= 4 is 17.6 Å². The normalized spacial score (nSPS) is 19.2. The summed E-state index contributed by atoms with van der Waals surface area (Å²) < 4.78 is 5.65. The molecule has 2 aliphatic rings. The second-order valence-electron chi connectivity index (χ2n) is 11.0. The van der Waals surface area contributed by atoms with Crippen molar-refractivity contribution in [2.75, 3.05) is 56.0 Å². The van der Waals surface area contributed by atoms with Gasteiger partial charge >= 0.3 is 6.01 Å². The van der Waals surface area contributed by atoms with E-state index < -0.39 is 0 Å². The maximum Gasteiger partial charge on any atom is 0.315 e. The van der Waals surface area contributed by atoms with Crippen LogP contribution in [0.15, 0.2) is 34.9 Å². The maximum absolute atomic E-state index is 12.6. The zero-order valence-electron chi connectivity index (χ0n) is 24.3. The van der Waals surface area contributed by atoms with Crippen molar-refractivity contribution in [1.82, 2.24) is 30.0 Å². The Morgan fingerprint density at radius 3 is 2.52 bits per heavy atom. The molecule has 0 bridgehead atoms. The summed E-state index contributed by atoms with van der Waals surface area (Å²) in [4.78, 5) is 29.7. The highest BCUT2D eigenvalue weighted by molar-refractivity contribution is 5.96. The Morgan fingerprint density at radius 2 is 1.82 bits per heavy atom. The number of ketones is 1. The van der Waals surface area contributed by atoms with Gasteiger partial charge in [0.25, 0.3) is 5.89 Å². The summed E-state index contributed by atoms with van der Waals surface area (Å²) in [6, 6.07) is 9.39. The number of rotatable bonds is 10. The predicted molar refractivity (Wildman–Crippen MR) is 157 cm³/mol. The van der Waals surface area contributed by atoms with E-state index in [-0.39, 0.29) is 5.78 Å². The molecule has 40 heavy (non-hydrogen) atoms. The van der Waals surface area contributed by atoms with E-state index in [9.17, 15) is 4.79 Å². The third kappa shape index (κ3) is 6.50. The van der Waals surface area contributed by atoms with Crippen molar-refractivity contribution in [3.05, 3.63) is 47.3 Å². The van der Waals surface area contributed by atoms with Crippen LogP contribution in [0.3, 0.4) is 0 Å². The monoisotopic (exact) mass is 546 g/mol. The van der Waals surface area contributed by atoms with E-state index >= 15 is 0 Å². The molecule has 1 aromatic carbocycles. The zero-order valence-corrected chi connectivity index (χ0v) is 24.3. The zero-order chi connectivity index (χ0) is 28.1. The summed E-state index contributed by atoms with van der Waals surface area (Å²) in [5.41, 5.74) is 3.48. The molecule has 0 amide bonds. The molecule has 3 aromatic rings. The second-order valence-corrected chi connectivity index (χ2v) is 11.0. The summed E-state index contributed by atoms with van der Waals surface area (Å²) >= 11 is 0. The number of carbonyl (C=O) groups is 1. The summed E-state index contributed by atoms with van der Waals surface area (Å²) in [5, 5.41) is 11.1. The van der Waals surface area contributed by atoms with Gasteiger partial charge in [-0.1, -0.05) is 41.9 Å². The first kappa shape index (κ1) is 28.2. The van der Waals surface area contributed by atoms with E-state index in [0.717, 1.165) is 75.6 Å². The van der Waals surface area contributed by atoms with Crippen molar-refractivity contribution in [2.24, 2.45) is 0 Å². The van der Waals surface area contributed by atoms with E-state index in [1.54, 1.807) is 6.20 Å². The molecule has 1 unspecified atom stereocenters. The summed E-state index contributed by atoms with van der Waals surface area (Å²) in [5.74, 6) is 1.55. The van der Waals surface area contributed by atoms with Crippen LogP contribution in [-0.2, 0) is 0 Å². The van der Waals surface area contributed by atoms with Crippen LogP contribution in [0.25, 0.3) is 11.6 Å². The van der Waals surface area contributed by atoms with Crippen molar-refractivity contribution in [3.8, 4) is 11.6 Å². The minimum Gasteiger partial charge on any atom is -0.402 e. The number of nitrogens with zero attached hydrogens (tertiary/aromatic N) is 7. The average molecular weight is 547 g/mol. The summed E-state index contributed by atoms with van der Waals surface area (Å²) in [6.45, 7) is 14.9. The van der Waals surface area contributed by atoms with E-state index in [1.807, 2.05) is 45.0 Å². The molecular weight excluding hydrogens is 504 g/mol. The molecule has 0 aliphatic carbocycles. The molecular formula is C30H42N8O2. The first-order valence-electron chi connectivity index (χ1n) is 14.7. The van der Waals surface area contributed by atoms with Gasteiger partial charge in [0, 0.05) is 56.8 Å². The summed E-state index contributed by atoms with van der Waals surface area (Å²) in [6.07, 6.45) is 5.73. The first-order valence-corrected chi connectivity index (χ1v) is 14.7. The first-order chi connectivity index (χ1) is 19.4. The Labute approximate surface area is 237 Å². The average Bonchev–Trinajstić information content (AvgIpc) is 3.45. The number of Topliss-reactive ketones (excluding diaryl/α,β-unsaturated/α-hetero) is 1. The number of piperidine rings is 1. The lowest BCUT2D eigenvalue weighted by Crippen LogP contribution is -2.58. The fraction of sp³-hybridized carbons (Fsp3) is 0.567. The number of nitrogens with one attached hydrogen (secondary N) is 1. The Bertz CT molecular complexity index is 1270. The highest BCUT2D eigenvalue weighted by atomic mass is 16.4. The van der Waals surface area contributed by atoms with Crippen LogP contribution >= 0.6 is 0 Å². The molecule has 0 spiro atoms. The van der Waals surface area contributed by atoms with Gasteiger partial charge in [-0.3, -0.25) is 9.69 Å². The van der Waals surface area contributed by atoms with E-state index in [1.165, 1.54) is 5.56 Å². The number of likely N-dealkylation sites (tertiary alicyclic amines) is 1. The Morgan fingerprint density at radius 1 is 1.05 bits per heavy atom. The van der Waals surface area contributed by atoms with Crippen LogP contribution in [0.5, 0.6) is 0 Å². The molecule has 1 N–H and O–H groups in total. The number of hydrogen-bond acceptors (Lipinski definition) is 10. The molecule has 4 heterocycles. The third-order valence-corrected chi connectivity index (χ3v) is 8.25. The molecule has 214 valence electrons. The number of hydrogen-bond donors (Lipinski definition) is 1. The van der Waals surface area contributed by atoms with Gasteiger partial charge in [0.2, 0.25) is 0 Å².